The minimum Gasteiger partial charge on any atom is -0.212 e. The first-order chi connectivity index (χ1) is 5.95. The summed E-state index contributed by atoms with van der Waals surface area (Å²) in [6, 6.07) is 0. The molecule has 0 aromatic carbocycles. The molecule has 3 nitrogen and oxygen atoms in total. The highest BCUT2D eigenvalue weighted by Gasteiger charge is 2.28. The van der Waals surface area contributed by atoms with Crippen molar-refractivity contribution in [2.75, 3.05) is 18.8 Å². The summed E-state index contributed by atoms with van der Waals surface area (Å²) in [4.78, 5) is 0. The number of hydrogen-bond acceptors (Lipinski definition) is 2. The second kappa shape index (κ2) is 3.96. The molecule has 0 aromatic rings. The van der Waals surface area contributed by atoms with Crippen LogP contribution in [0.4, 0.5) is 0 Å². The normalized spacial score (nSPS) is 31.9. The van der Waals surface area contributed by atoms with E-state index in [1.807, 2.05) is 0 Å². The van der Waals surface area contributed by atoms with E-state index in [9.17, 15) is 8.42 Å². The molecule has 1 heterocycles. The van der Waals surface area contributed by atoms with Crippen LogP contribution in [0.1, 0.15) is 27.2 Å². The van der Waals surface area contributed by atoms with Crippen LogP contribution in [0.2, 0.25) is 0 Å². The van der Waals surface area contributed by atoms with Gasteiger partial charge in [0.05, 0.1) is 5.75 Å². The first-order valence-corrected chi connectivity index (χ1v) is 6.54. The van der Waals surface area contributed by atoms with Gasteiger partial charge < -0.3 is 0 Å². The zero-order valence-corrected chi connectivity index (χ0v) is 9.47. The molecule has 0 bridgehead atoms. The fourth-order valence-electron chi connectivity index (χ4n) is 2.02. The van der Waals surface area contributed by atoms with Crippen molar-refractivity contribution in [2.24, 2.45) is 11.8 Å². The lowest BCUT2D eigenvalue weighted by Crippen LogP contribution is -2.43. The summed E-state index contributed by atoms with van der Waals surface area (Å²) >= 11 is 0. The minimum atomic E-state index is -2.95. The molecule has 1 aliphatic rings. The molecule has 0 saturated carbocycles. The van der Waals surface area contributed by atoms with Crippen LogP contribution < -0.4 is 0 Å². The molecule has 2 unspecified atom stereocenters. The summed E-state index contributed by atoms with van der Waals surface area (Å²) in [6.07, 6.45) is 1.15. The smallest absolute Gasteiger partial charge is 0.212 e. The van der Waals surface area contributed by atoms with Gasteiger partial charge in [0.2, 0.25) is 10.0 Å². The second-order valence-electron chi connectivity index (χ2n) is 4.16. The Bertz CT molecular complexity index is 251. The quantitative estimate of drug-likeness (QED) is 0.681. The first-order valence-electron chi connectivity index (χ1n) is 4.93. The van der Waals surface area contributed by atoms with Crippen LogP contribution >= 0.6 is 0 Å². The molecule has 1 saturated heterocycles. The summed E-state index contributed by atoms with van der Waals surface area (Å²) in [5.74, 6) is 1.24. The van der Waals surface area contributed by atoms with Crippen LogP contribution in [0.25, 0.3) is 0 Å². The van der Waals surface area contributed by atoms with Gasteiger partial charge in [0.15, 0.2) is 0 Å². The second-order valence-corrected chi connectivity index (χ2v) is 6.42. The fourth-order valence-corrected chi connectivity index (χ4v) is 3.34. The molecular weight excluding hydrogens is 186 g/mol. The standard InChI is InChI=1S/C9H19NO2S/c1-4-13(11,12)10-6-8(2)5-9(3)7-10/h8-9H,4-7H2,1-3H3. The largest absolute Gasteiger partial charge is 0.213 e. The van der Waals surface area contributed by atoms with Crippen LogP contribution in [0, 0.1) is 11.8 Å². The molecule has 1 rings (SSSR count). The lowest BCUT2D eigenvalue weighted by Gasteiger charge is -2.33. The first kappa shape index (κ1) is 11.0. The zero-order valence-electron chi connectivity index (χ0n) is 8.66. The van der Waals surface area contributed by atoms with Crippen molar-refractivity contribution in [3.63, 3.8) is 0 Å². The molecule has 1 fully saturated rings. The molecule has 13 heavy (non-hydrogen) atoms. The van der Waals surface area contributed by atoms with E-state index in [0.717, 1.165) is 6.42 Å². The Morgan fingerprint density at radius 1 is 1.23 bits per heavy atom. The fraction of sp³-hybridized carbons (Fsp3) is 1.00. The molecule has 4 heteroatoms. The molecule has 0 aliphatic carbocycles. The van der Waals surface area contributed by atoms with Gasteiger partial charge in [-0.3, -0.25) is 0 Å². The third kappa shape index (κ3) is 2.68. The van der Waals surface area contributed by atoms with Crippen LogP contribution in [0.3, 0.4) is 0 Å². The lowest BCUT2D eigenvalue weighted by molar-refractivity contribution is 0.223. The van der Waals surface area contributed by atoms with Gasteiger partial charge in [-0.1, -0.05) is 13.8 Å². The van der Waals surface area contributed by atoms with E-state index in [4.69, 9.17) is 0 Å². The van der Waals surface area contributed by atoms with Gasteiger partial charge >= 0.3 is 0 Å². The average Bonchev–Trinajstić information content (AvgIpc) is 2.02. The van der Waals surface area contributed by atoms with E-state index in [1.54, 1.807) is 11.2 Å². The monoisotopic (exact) mass is 205 g/mol. The maximum Gasteiger partial charge on any atom is 0.213 e. The van der Waals surface area contributed by atoms with Gasteiger partial charge in [0.1, 0.15) is 0 Å². The maximum absolute atomic E-state index is 11.6. The molecule has 0 amide bonds. The van der Waals surface area contributed by atoms with E-state index < -0.39 is 10.0 Å². The summed E-state index contributed by atoms with van der Waals surface area (Å²) in [5, 5.41) is 0. The number of nitrogens with zero attached hydrogens (tertiary/aromatic N) is 1. The third-order valence-electron chi connectivity index (χ3n) is 2.59. The zero-order chi connectivity index (χ0) is 10.1. The average molecular weight is 205 g/mol. The Kier molecular flexibility index (Phi) is 3.35. The van der Waals surface area contributed by atoms with Crippen molar-refractivity contribution in [3.05, 3.63) is 0 Å². The topological polar surface area (TPSA) is 37.4 Å². The Hall–Kier alpha value is -0.0900. The highest BCUT2D eigenvalue weighted by Crippen LogP contribution is 2.23. The van der Waals surface area contributed by atoms with E-state index in [0.29, 0.717) is 24.9 Å². The predicted octanol–water partition coefficient (Wildman–Crippen LogP) is 1.31. The molecule has 0 N–H and O–H groups in total. The Morgan fingerprint density at radius 2 is 1.69 bits per heavy atom. The van der Waals surface area contributed by atoms with Gasteiger partial charge in [-0.25, -0.2) is 12.7 Å². The van der Waals surface area contributed by atoms with Gasteiger partial charge in [-0.05, 0) is 25.2 Å². The van der Waals surface area contributed by atoms with Crippen molar-refractivity contribution in [1.29, 1.82) is 0 Å². The molecule has 0 radical (unpaired) electrons. The van der Waals surface area contributed by atoms with Crippen LogP contribution in [-0.2, 0) is 10.0 Å². The number of sulfonamides is 1. The Morgan fingerprint density at radius 3 is 2.08 bits per heavy atom. The summed E-state index contributed by atoms with van der Waals surface area (Å²) in [7, 11) is -2.95. The summed E-state index contributed by atoms with van der Waals surface area (Å²) in [5.41, 5.74) is 0. The van der Waals surface area contributed by atoms with Crippen LogP contribution in [-0.4, -0.2) is 31.6 Å². The van der Waals surface area contributed by atoms with E-state index in [-0.39, 0.29) is 5.75 Å². The predicted molar refractivity (Wildman–Crippen MR) is 54.0 cm³/mol. The molecular formula is C9H19NO2S. The number of piperidine rings is 1. The van der Waals surface area contributed by atoms with Gasteiger partial charge in [-0.15, -0.1) is 0 Å². The maximum atomic E-state index is 11.6. The Labute approximate surface area is 81.2 Å². The van der Waals surface area contributed by atoms with Gasteiger partial charge in [0.25, 0.3) is 0 Å². The number of rotatable bonds is 2. The summed E-state index contributed by atoms with van der Waals surface area (Å²) in [6.45, 7) is 7.36. The van der Waals surface area contributed by atoms with Gasteiger partial charge in [-0.2, -0.15) is 0 Å². The summed E-state index contributed by atoms with van der Waals surface area (Å²) < 4.78 is 24.8. The highest BCUT2D eigenvalue weighted by atomic mass is 32.2. The van der Waals surface area contributed by atoms with Crippen LogP contribution in [0.15, 0.2) is 0 Å². The minimum absolute atomic E-state index is 0.229. The van der Waals surface area contributed by atoms with Crippen molar-refractivity contribution in [2.45, 2.75) is 27.2 Å². The SMILES string of the molecule is CCS(=O)(=O)N1CC(C)CC(C)C1. The Balaban J connectivity index is 2.71. The van der Waals surface area contributed by atoms with E-state index in [2.05, 4.69) is 13.8 Å². The van der Waals surface area contributed by atoms with E-state index in [1.165, 1.54) is 0 Å². The lowest BCUT2D eigenvalue weighted by atomic mass is 9.94. The molecule has 0 aromatic heterocycles. The van der Waals surface area contributed by atoms with Crippen molar-refractivity contribution < 1.29 is 8.42 Å². The van der Waals surface area contributed by atoms with Crippen molar-refractivity contribution in [1.82, 2.24) is 4.31 Å². The molecule has 2 atom stereocenters. The molecule has 1 aliphatic heterocycles. The van der Waals surface area contributed by atoms with Crippen molar-refractivity contribution in [3.8, 4) is 0 Å². The molecule has 0 spiro atoms. The van der Waals surface area contributed by atoms with Gasteiger partial charge in [0, 0.05) is 13.1 Å². The molecule has 78 valence electrons. The van der Waals surface area contributed by atoms with Crippen LogP contribution in [0.5, 0.6) is 0 Å². The number of hydrogen-bond donors (Lipinski definition) is 0. The van der Waals surface area contributed by atoms with Crippen molar-refractivity contribution >= 4 is 10.0 Å². The third-order valence-corrected chi connectivity index (χ3v) is 4.41. The van der Waals surface area contributed by atoms with E-state index >= 15 is 0 Å². The highest BCUT2D eigenvalue weighted by molar-refractivity contribution is 7.89.